The van der Waals surface area contributed by atoms with Gasteiger partial charge in [0.2, 0.25) is 0 Å². The highest BCUT2D eigenvalue weighted by Crippen LogP contribution is 2.28. The van der Waals surface area contributed by atoms with E-state index in [0.717, 1.165) is 37.5 Å². The van der Waals surface area contributed by atoms with Crippen LogP contribution in [0, 0.1) is 0 Å². The van der Waals surface area contributed by atoms with Crippen LogP contribution in [0.1, 0.15) is 44.3 Å². The van der Waals surface area contributed by atoms with Gasteiger partial charge in [0.05, 0.1) is 0 Å². The molecule has 0 amide bonds. The highest BCUT2D eigenvalue weighted by atomic mass is 32.2. The molecule has 2 N–H and O–H groups in total. The fourth-order valence-electron chi connectivity index (χ4n) is 3.54. The Hall–Kier alpha value is -1.89. The van der Waals surface area contributed by atoms with Gasteiger partial charge < -0.3 is 15.2 Å². The van der Waals surface area contributed by atoms with Crippen molar-refractivity contribution in [2.45, 2.75) is 63.7 Å². The van der Waals surface area contributed by atoms with Crippen molar-refractivity contribution >= 4 is 16.0 Å². The summed E-state index contributed by atoms with van der Waals surface area (Å²) in [4.78, 5) is 4.52. The third-order valence-corrected chi connectivity index (χ3v) is 6.72. The molecule has 1 aromatic rings. The molecule has 164 valence electrons. The van der Waals surface area contributed by atoms with Crippen LogP contribution in [0.2, 0.25) is 0 Å². The van der Waals surface area contributed by atoms with Crippen molar-refractivity contribution in [2.24, 2.45) is 4.99 Å². The van der Waals surface area contributed by atoms with Crippen molar-refractivity contribution in [3.63, 3.8) is 0 Å². The number of aryl methyl sites for hydroxylation is 1. The summed E-state index contributed by atoms with van der Waals surface area (Å²) in [7, 11) is -5.27. The summed E-state index contributed by atoms with van der Waals surface area (Å²) in [5, 5.41) is 14.7. The van der Waals surface area contributed by atoms with E-state index in [4.69, 9.17) is 0 Å². The van der Waals surface area contributed by atoms with E-state index in [9.17, 15) is 21.6 Å². The summed E-state index contributed by atoms with van der Waals surface area (Å²) in [5.41, 5.74) is -5.26. The largest absolute Gasteiger partial charge is 0.511 e. The molecule has 1 fully saturated rings. The smallest absolute Gasteiger partial charge is 0.357 e. The van der Waals surface area contributed by atoms with Crippen LogP contribution >= 0.6 is 0 Å². The molecule has 0 aliphatic carbocycles. The molecule has 3 heterocycles. The number of aliphatic imine (C=N–C) groups is 1. The number of nitrogens with one attached hydrogen (secondary N) is 2. The number of aromatic nitrogens is 3. The molecule has 0 radical (unpaired) electrons. The Morgan fingerprint density at radius 3 is 2.59 bits per heavy atom. The molecule has 0 saturated carbocycles. The summed E-state index contributed by atoms with van der Waals surface area (Å²) in [5.74, 6) is 2.28. The van der Waals surface area contributed by atoms with Gasteiger partial charge in [-0.2, -0.15) is 17.5 Å². The van der Waals surface area contributed by atoms with Crippen LogP contribution in [0.15, 0.2) is 4.99 Å². The topological polar surface area (TPSA) is 105 Å². The first-order valence-corrected chi connectivity index (χ1v) is 11.2. The lowest BCUT2D eigenvalue weighted by atomic mass is 10.1. The Morgan fingerprint density at radius 1 is 1.21 bits per heavy atom. The molecule has 1 aromatic heterocycles. The molecule has 1 saturated heterocycles. The molecule has 0 aromatic carbocycles. The monoisotopic (exact) mass is 437 g/mol. The van der Waals surface area contributed by atoms with E-state index < -0.39 is 15.5 Å². The van der Waals surface area contributed by atoms with Crippen LogP contribution in [0.25, 0.3) is 0 Å². The maximum atomic E-state index is 12.7. The van der Waals surface area contributed by atoms with Crippen molar-refractivity contribution in [2.75, 3.05) is 19.6 Å². The average Bonchev–Trinajstić information content (AvgIpc) is 3.09. The number of sulfonamides is 1. The van der Waals surface area contributed by atoms with E-state index in [1.54, 1.807) is 0 Å². The molecule has 0 bridgehead atoms. The van der Waals surface area contributed by atoms with Crippen LogP contribution in [-0.2, 0) is 29.5 Å². The molecule has 29 heavy (non-hydrogen) atoms. The molecular formula is C16H26F3N7O2S. The number of piperidine rings is 1. The molecule has 0 spiro atoms. The predicted molar refractivity (Wildman–Crippen MR) is 100 cm³/mol. The van der Waals surface area contributed by atoms with E-state index in [0.29, 0.717) is 23.4 Å². The van der Waals surface area contributed by atoms with Crippen molar-refractivity contribution < 1.29 is 21.6 Å². The number of hydrogen-bond acceptors (Lipinski definition) is 5. The molecule has 13 heteroatoms. The van der Waals surface area contributed by atoms with Gasteiger partial charge in [0, 0.05) is 38.6 Å². The first-order chi connectivity index (χ1) is 13.7. The second kappa shape index (κ2) is 8.86. The van der Waals surface area contributed by atoms with Crippen LogP contribution in [0.3, 0.4) is 0 Å². The minimum absolute atomic E-state index is 0.167. The standard InChI is InChI=1S/C16H26F3N7O2S/c1-2-20-15(21-11-14-24-23-13-5-3-4-8-26(13)14)22-12-6-9-25(10-7-12)29(27,28)16(17,18)19/h12H,2-11H2,1H3,(H2,20,21,22). The lowest BCUT2D eigenvalue weighted by molar-refractivity contribution is -0.0494. The fourth-order valence-corrected chi connectivity index (χ4v) is 4.52. The maximum Gasteiger partial charge on any atom is 0.511 e. The first kappa shape index (κ1) is 21.8. The SMILES string of the molecule is CCNC(=NCc1nnc2n1CCCC2)NC1CCN(S(=O)(=O)C(F)(F)F)CC1. The Morgan fingerprint density at radius 2 is 1.93 bits per heavy atom. The Bertz CT molecular complexity index is 830. The van der Waals surface area contributed by atoms with Gasteiger partial charge in [0.25, 0.3) is 0 Å². The number of fused-ring (bicyclic) bond motifs is 1. The number of nitrogens with zero attached hydrogens (tertiary/aromatic N) is 5. The predicted octanol–water partition coefficient (Wildman–Crippen LogP) is 0.984. The Balaban J connectivity index is 1.59. The summed E-state index contributed by atoms with van der Waals surface area (Å²) >= 11 is 0. The van der Waals surface area contributed by atoms with Gasteiger partial charge in [-0.05, 0) is 32.6 Å². The average molecular weight is 437 g/mol. The minimum atomic E-state index is -5.27. The van der Waals surface area contributed by atoms with Crippen LogP contribution < -0.4 is 10.6 Å². The minimum Gasteiger partial charge on any atom is -0.357 e. The lowest BCUT2D eigenvalue weighted by Gasteiger charge is -2.32. The second-order valence-electron chi connectivity index (χ2n) is 7.10. The third kappa shape index (κ3) is 5.00. The number of hydrogen-bond donors (Lipinski definition) is 2. The van der Waals surface area contributed by atoms with Crippen molar-refractivity contribution in [3.05, 3.63) is 11.6 Å². The van der Waals surface area contributed by atoms with Gasteiger partial charge in [-0.3, -0.25) is 0 Å². The molecule has 0 unspecified atom stereocenters. The van der Waals surface area contributed by atoms with E-state index in [1.165, 1.54) is 0 Å². The van der Waals surface area contributed by atoms with Crippen LogP contribution in [0.4, 0.5) is 13.2 Å². The van der Waals surface area contributed by atoms with Gasteiger partial charge in [-0.25, -0.2) is 13.4 Å². The molecule has 9 nitrogen and oxygen atoms in total. The quantitative estimate of drug-likeness (QED) is 0.526. The maximum absolute atomic E-state index is 12.7. The molecular weight excluding hydrogens is 411 g/mol. The number of alkyl halides is 3. The van der Waals surface area contributed by atoms with Crippen molar-refractivity contribution in [1.29, 1.82) is 0 Å². The second-order valence-corrected chi connectivity index (χ2v) is 9.03. The Kier molecular flexibility index (Phi) is 6.66. The normalized spacial score (nSPS) is 19.8. The highest BCUT2D eigenvalue weighted by Gasteiger charge is 2.50. The van der Waals surface area contributed by atoms with E-state index in [1.807, 2.05) is 6.92 Å². The van der Waals surface area contributed by atoms with E-state index in [2.05, 4.69) is 30.4 Å². The van der Waals surface area contributed by atoms with E-state index >= 15 is 0 Å². The zero-order chi connectivity index (χ0) is 21.1. The summed E-state index contributed by atoms with van der Waals surface area (Å²) in [6, 6.07) is -0.167. The van der Waals surface area contributed by atoms with Gasteiger partial charge in [-0.15, -0.1) is 10.2 Å². The van der Waals surface area contributed by atoms with Crippen molar-refractivity contribution in [3.8, 4) is 0 Å². The molecule has 2 aliphatic rings. The molecule has 3 rings (SSSR count). The van der Waals surface area contributed by atoms with Crippen LogP contribution in [0.5, 0.6) is 0 Å². The number of halogens is 3. The van der Waals surface area contributed by atoms with Crippen LogP contribution in [-0.4, -0.2) is 64.6 Å². The third-order valence-electron chi connectivity index (χ3n) is 5.09. The summed E-state index contributed by atoms with van der Waals surface area (Å²) in [6.45, 7) is 3.37. The number of guanidine groups is 1. The highest BCUT2D eigenvalue weighted by molar-refractivity contribution is 7.90. The van der Waals surface area contributed by atoms with Crippen molar-refractivity contribution in [1.82, 2.24) is 29.7 Å². The zero-order valence-corrected chi connectivity index (χ0v) is 17.1. The first-order valence-electron chi connectivity index (χ1n) is 9.74. The Labute approximate surface area is 167 Å². The number of rotatable bonds is 5. The van der Waals surface area contributed by atoms with Gasteiger partial charge in [0.1, 0.15) is 12.4 Å². The summed E-state index contributed by atoms with van der Waals surface area (Å²) < 4.78 is 63.7. The van der Waals surface area contributed by atoms with Gasteiger partial charge >= 0.3 is 15.5 Å². The van der Waals surface area contributed by atoms with Gasteiger partial charge in [0.15, 0.2) is 11.8 Å². The summed E-state index contributed by atoms with van der Waals surface area (Å²) in [6.07, 6.45) is 3.63. The van der Waals surface area contributed by atoms with Gasteiger partial charge in [-0.1, -0.05) is 0 Å². The lowest BCUT2D eigenvalue weighted by Crippen LogP contribution is -2.51. The molecule has 2 aliphatic heterocycles. The fraction of sp³-hybridized carbons (Fsp3) is 0.812. The zero-order valence-electron chi connectivity index (χ0n) is 16.2. The van der Waals surface area contributed by atoms with E-state index in [-0.39, 0.29) is 32.0 Å². The molecule has 0 atom stereocenters.